The maximum absolute atomic E-state index is 12.9. The van der Waals surface area contributed by atoms with Crippen molar-refractivity contribution < 1.29 is 9.53 Å². The van der Waals surface area contributed by atoms with Gasteiger partial charge in [-0.15, -0.1) is 10.2 Å². The number of carbonyl (C=O) groups excluding carboxylic acids is 1. The highest BCUT2D eigenvalue weighted by Gasteiger charge is 2.27. The van der Waals surface area contributed by atoms with Gasteiger partial charge in [0.2, 0.25) is 16.2 Å². The molecule has 3 heterocycles. The van der Waals surface area contributed by atoms with E-state index < -0.39 is 0 Å². The zero-order valence-corrected chi connectivity index (χ0v) is 22.7. The molecule has 2 aromatic heterocycles. The zero-order chi connectivity index (χ0) is 26.3. The van der Waals surface area contributed by atoms with Crippen molar-refractivity contribution in [2.45, 2.75) is 39.3 Å². The molecule has 198 valence electrons. The third-order valence-corrected chi connectivity index (χ3v) is 7.86. The standard InChI is InChI=1S/C29H34N6O2S/c1-3-37-26-13-11-24(12-14-26)30-20-25-10-7-17-35(25)29-33-32-28(38-29)34-18-15-23(16-19-34)27(36)31-21(2)22-8-5-4-6-9-22/h4-14,17,21,23,30H,3,15-16,18-20H2,1-2H3,(H,31,36)/t21-/m0/s1. The largest absolute Gasteiger partial charge is 0.494 e. The first kappa shape index (κ1) is 25.8. The zero-order valence-electron chi connectivity index (χ0n) is 21.8. The minimum Gasteiger partial charge on any atom is -0.494 e. The average Bonchev–Trinajstić information content (AvgIpc) is 3.63. The van der Waals surface area contributed by atoms with E-state index in [9.17, 15) is 4.79 Å². The molecule has 0 bridgehead atoms. The van der Waals surface area contributed by atoms with Crippen LogP contribution in [0, 0.1) is 5.92 Å². The van der Waals surface area contributed by atoms with E-state index in [4.69, 9.17) is 4.74 Å². The number of benzene rings is 2. The van der Waals surface area contributed by atoms with Gasteiger partial charge in [-0.1, -0.05) is 41.7 Å². The fourth-order valence-electron chi connectivity index (χ4n) is 4.70. The summed E-state index contributed by atoms with van der Waals surface area (Å²) in [4.78, 5) is 15.1. The second kappa shape index (κ2) is 12.1. The van der Waals surface area contributed by atoms with Crippen molar-refractivity contribution in [1.29, 1.82) is 0 Å². The van der Waals surface area contributed by atoms with Crippen LogP contribution < -0.4 is 20.3 Å². The molecule has 9 heteroatoms. The maximum atomic E-state index is 12.9. The van der Waals surface area contributed by atoms with Gasteiger partial charge in [-0.05, 0) is 68.7 Å². The molecule has 1 saturated heterocycles. The lowest BCUT2D eigenvalue weighted by atomic mass is 9.95. The smallest absolute Gasteiger partial charge is 0.223 e. The molecule has 1 amide bonds. The fourth-order valence-corrected chi connectivity index (χ4v) is 5.61. The number of ether oxygens (including phenoxy) is 1. The number of piperidine rings is 1. The normalized spacial score (nSPS) is 14.7. The van der Waals surface area contributed by atoms with Crippen molar-refractivity contribution in [3.05, 3.63) is 84.2 Å². The van der Waals surface area contributed by atoms with Crippen LogP contribution in [0.2, 0.25) is 0 Å². The summed E-state index contributed by atoms with van der Waals surface area (Å²) in [5.41, 5.74) is 3.26. The molecule has 0 radical (unpaired) electrons. The Morgan fingerprint density at radius 3 is 2.50 bits per heavy atom. The van der Waals surface area contributed by atoms with Gasteiger partial charge in [0.25, 0.3) is 0 Å². The average molecular weight is 531 g/mol. The Hall–Kier alpha value is -3.85. The molecule has 1 atom stereocenters. The van der Waals surface area contributed by atoms with E-state index in [1.165, 1.54) is 0 Å². The van der Waals surface area contributed by atoms with Gasteiger partial charge in [0, 0.05) is 36.6 Å². The van der Waals surface area contributed by atoms with Crippen LogP contribution in [0.15, 0.2) is 72.9 Å². The Labute approximate surface area is 227 Å². The molecule has 4 aromatic rings. The molecule has 2 N–H and O–H groups in total. The number of carbonyl (C=O) groups is 1. The topological polar surface area (TPSA) is 84.3 Å². The molecule has 38 heavy (non-hydrogen) atoms. The van der Waals surface area contributed by atoms with Gasteiger partial charge in [0.15, 0.2) is 0 Å². The number of nitrogens with zero attached hydrogens (tertiary/aromatic N) is 4. The van der Waals surface area contributed by atoms with Crippen LogP contribution in [-0.4, -0.2) is 40.4 Å². The van der Waals surface area contributed by atoms with Crippen LogP contribution in [0.4, 0.5) is 10.8 Å². The Morgan fingerprint density at radius 1 is 1.03 bits per heavy atom. The molecule has 5 rings (SSSR count). The minimum atomic E-state index is 0.00661. The van der Waals surface area contributed by atoms with Crippen LogP contribution in [-0.2, 0) is 11.3 Å². The summed E-state index contributed by atoms with van der Waals surface area (Å²) in [6.45, 7) is 6.93. The van der Waals surface area contributed by atoms with Gasteiger partial charge in [-0.2, -0.15) is 0 Å². The van der Waals surface area contributed by atoms with E-state index >= 15 is 0 Å². The highest BCUT2D eigenvalue weighted by Crippen LogP contribution is 2.29. The summed E-state index contributed by atoms with van der Waals surface area (Å²) in [7, 11) is 0. The molecule has 0 saturated carbocycles. The van der Waals surface area contributed by atoms with Gasteiger partial charge < -0.3 is 20.3 Å². The molecule has 0 unspecified atom stereocenters. The summed E-state index contributed by atoms with van der Waals surface area (Å²) in [5, 5.41) is 17.3. The van der Waals surface area contributed by atoms with Gasteiger partial charge in [-0.25, -0.2) is 0 Å². The van der Waals surface area contributed by atoms with Crippen LogP contribution in [0.1, 0.15) is 44.0 Å². The summed E-state index contributed by atoms with van der Waals surface area (Å²) >= 11 is 1.58. The number of anilines is 2. The number of amides is 1. The van der Waals surface area contributed by atoms with Crippen molar-refractivity contribution in [3.8, 4) is 10.9 Å². The highest BCUT2D eigenvalue weighted by molar-refractivity contribution is 7.17. The van der Waals surface area contributed by atoms with Crippen molar-refractivity contribution in [2.24, 2.45) is 5.92 Å². The minimum absolute atomic E-state index is 0.00661. The van der Waals surface area contributed by atoms with Crippen molar-refractivity contribution in [3.63, 3.8) is 0 Å². The second-order valence-corrected chi connectivity index (χ2v) is 10.4. The van der Waals surface area contributed by atoms with Crippen LogP contribution in [0.5, 0.6) is 5.75 Å². The van der Waals surface area contributed by atoms with E-state index in [0.717, 1.165) is 58.9 Å². The Kier molecular flexibility index (Phi) is 8.23. The Bertz CT molecular complexity index is 1310. The molecule has 1 aliphatic heterocycles. The molecular weight excluding hydrogens is 496 g/mol. The Morgan fingerprint density at radius 2 is 1.76 bits per heavy atom. The first-order chi connectivity index (χ1) is 18.6. The predicted molar refractivity (Wildman–Crippen MR) is 152 cm³/mol. The molecular formula is C29H34N6O2S. The first-order valence-corrected chi connectivity index (χ1v) is 14.0. The molecule has 1 fully saturated rings. The van der Waals surface area contributed by atoms with Crippen molar-refractivity contribution in [2.75, 3.05) is 29.9 Å². The van der Waals surface area contributed by atoms with Gasteiger partial charge in [-0.3, -0.25) is 9.36 Å². The third kappa shape index (κ3) is 6.16. The fraction of sp³-hybridized carbons (Fsp3) is 0.345. The predicted octanol–water partition coefficient (Wildman–Crippen LogP) is 5.43. The maximum Gasteiger partial charge on any atom is 0.223 e. The highest BCUT2D eigenvalue weighted by atomic mass is 32.1. The van der Waals surface area contributed by atoms with Crippen LogP contribution >= 0.6 is 11.3 Å². The SMILES string of the molecule is CCOc1ccc(NCc2cccn2-c2nnc(N3CCC(C(=O)N[C@@H](C)c4ccccc4)CC3)s2)cc1. The summed E-state index contributed by atoms with van der Waals surface area (Å²) in [6, 6.07) is 22.2. The lowest BCUT2D eigenvalue weighted by molar-refractivity contribution is -0.126. The molecule has 8 nitrogen and oxygen atoms in total. The van der Waals surface area contributed by atoms with E-state index in [1.54, 1.807) is 11.3 Å². The lowest BCUT2D eigenvalue weighted by Crippen LogP contribution is -2.41. The summed E-state index contributed by atoms with van der Waals surface area (Å²) in [6.07, 6.45) is 3.63. The molecule has 0 spiro atoms. The summed E-state index contributed by atoms with van der Waals surface area (Å²) < 4.78 is 7.60. The van der Waals surface area contributed by atoms with E-state index in [-0.39, 0.29) is 17.9 Å². The van der Waals surface area contributed by atoms with Crippen LogP contribution in [0.25, 0.3) is 5.13 Å². The number of aromatic nitrogens is 3. The van der Waals surface area contributed by atoms with Gasteiger partial charge in [0.05, 0.1) is 19.2 Å². The van der Waals surface area contributed by atoms with E-state index in [1.807, 2.05) is 80.7 Å². The Balaban J connectivity index is 1.14. The van der Waals surface area contributed by atoms with E-state index in [0.29, 0.717) is 13.2 Å². The third-order valence-electron chi connectivity index (χ3n) is 6.88. The number of hydrogen-bond donors (Lipinski definition) is 2. The van der Waals surface area contributed by atoms with E-state index in [2.05, 4.69) is 36.4 Å². The van der Waals surface area contributed by atoms with Crippen molar-refractivity contribution in [1.82, 2.24) is 20.1 Å². The number of nitrogens with one attached hydrogen (secondary N) is 2. The first-order valence-electron chi connectivity index (χ1n) is 13.2. The molecule has 1 aliphatic rings. The lowest BCUT2D eigenvalue weighted by Gasteiger charge is -2.31. The molecule has 2 aromatic carbocycles. The molecule has 0 aliphatic carbocycles. The quantitative estimate of drug-likeness (QED) is 0.284. The van der Waals surface area contributed by atoms with Crippen molar-refractivity contribution >= 4 is 28.1 Å². The monoisotopic (exact) mass is 530 g/mol. The second-order valence-electron chi connectivity index (χ2n) is 9.45. The van der Waals surface area contributed by atoms with Gasteiger partial charge >= 0.3 is 0 Å². The van der Waals surface area contributed by atoms with Gasteiger partial charge in [0.1, 0.15) is 5.75 Å². The summed E-state index contributed by atoms with van der Waals surface area (Å²) in [5.74, 6) is 1.03. The number of rotatable bonds is 10. The van der Waals surface area contributed by atoms with Crippen LogP contribution in [0.3, 0.4) is 0 Å². The number of hydrogen-bond acceptors (Lipinski definition) is 7.